The van der Waals surface area contributed by atoms with E-state index < -0.39 is 0 Å². The summed E-state index contributed by atoms with van der Waals surface area (Å²) < 4.78 is 10.9. The summed E-state index contributed by atoms with van der Waals surface area (Å²) in [4.78, 5) is 11.5. The van der Waals surface area contributed by atoms with Crippen LogP contribution in [0.2, 0.25) is 0 Å². The number of benzene rings is 1. The van der Waals surface area contributed by atoms with Crippen molar-refractivity contribution in [2.45, 2.75) is 20.4 Å². The first-order valence-corrected chi connectivity index (χ1v) is 6.55. The average molecular weight is 264 g/mol. The smallest absolute Gasteiger partial charge is 0.315 e. The fourth-order valence-electron chi connectivity index (χ4n) is 1.74. The molecule has 1 aromatic rings. The predicted octanol–water partition coefficient (Wildman–Crippen LogP) is 1.91. The molecule has 2 amide bonds. The molecule has 19 heavy (non-hydrogen) atoms. The van der Waals surface area contributed by atoms with Gasteiger partial charge in [0.15, 0.2) is 11.5 Å². The Kier molecular flexibility index (Phi) is 4.49. The maximum atomic E-state index is 11.5. The fourth-order valence-corrected chi connectivity index (χ4v) is 1.74. The van der Waals surface area contributed by atoms with E-state index in [0.29, 0.717) is 32.2 Å². The lowest BCUT2D eigenvalue weighted by molar-refractivity contribution is 0.171. The molecule has 1 aliphatic heterocycles. The number of carbonyl (C=O) groups is 1. The third-order valence-electron chi connectivity index (χ3n) is 2.73. The van der Waals surface area contributed by atoms with Gasteiger partial charge in [-0.05, 0) is 23.6 Å². The van der Waals surface area contributed by atoms with Gasteiger partial charge < -0.3 is 20.1 Å². The number of amides is 2. The Labute approximate surface area is 113 Å². The molecule has 1 aliphatic rings. The maximum Gasteiger partial charge on any atom is 0.315 e. The van der Waals surface area contributed by atoms with Gasteiger partial charge in [-0.1, -0.05) is 19.9 Å². The number of carbonyl (C=O) groups excluding carboxylic acids is 1. The molecule has 0 atom stereocenters. The largest absolute Gasteiger partial charge is 0.486 e. The topological polar surface area (TPSA) is 59.6 Å². The van der Waals surface area contributed by atoms with E-state index in [1.165, 1.54) is 0 Å². The van der Waals surface area contributed by atoms with E-state index in [9.17, 15) is 4.79 Å². The minimum atomic E-state index is -0.149. The Hall–Kier alpha value is -1.91. The summed E-state index contributed by atoms with van der Waals surface area (Å²) in [7, 11) is 0. The Bertz CT molecular complexity index is 446. The van der Waals surface area contributed by atoms with Gasteiger partial charge in [0.2, 0.25) is 0 Å². The van der Waals surface area contributed by atoms with Crippen LogP contribution in [0.4, 0.5) is 4.79 Å². The third kappa shape index (κ3) is 4.05. The SMILES string of the molecule is CC(C)CNC(=O)NCc1ccc2c(c1)OCCO2. The van der Waals surface area contributed by atoms with Crippen LogP contribution >= 0.6 is 0 Å². The lowest BCUT2D eigenvalue weighted by atomic mass is 10.2. The predicted molar refractivity (Wildman–Crippen MR) is 72.5 cm³/mol. The minimum Gasteiger partial charge on any atom is -0.486 e. The van der Waals surface area contributed by atoms with Crippen molar-refractivity contribution < 1.29 is 14.3 Å². The fraction of sp³-hybridized carbons (Fsp3) is 0.500. The highest BCUT2D eigenvalue weighted by atomic mass is 16.6. The Morgan fingerprint density at radius 3 is 2.68 bits per heavy atom. The molecule has 0 aliphatic carbocycles. The molecule has 104 valence electrons. The van der Waals surface area contributed by atoms with E-state index in [1.54, 1.807) is 0 Å². The molecule has 1 heterocycles. The van der Waals surface area contributed by atoms with Crippen LogP contribution in [0.5, 0.6) is 11.5 Å². The molecular formula is C14H20N2O3. The van der Waals surface area contributed by atoms with E-state index in [0.717, 1.165) is 17.1 Å². The minimum absolute atomic E-state index is 0.149. The van der Waals surface area contributed by atoms with E-state index in [-0.39, 0.29) is 6.03 Å². The number of hydrogen-bond acceptors (Lipinski definition) is 3. The van der Waals surface area contributed by atoms with Crippen molar-refractivity contribution >= 4 is 6.03 Å². The van der Waals surface area contributed by atoms with Crippen LogP contribution in [-0.4, -0.2) is 25.8 Å². The van der Waals surface area contributed by atoms with Gasteiger partial charge in [-0.15, -0.1) is 0 Å². The molecule has 5 nitrogen and oxygen atoms in total. The highest BCUT2D eigenvalue weighted by molar-refractivity contribution is 5.73. The Morgan fingerprint density at radius 2 is 1.95 bits per heavy atom. The first-order valence-electron chi connectivity index (χ1n) is 6.55. The van der Waals surface area contributed by atoms with Crippen molar-refractivity contribution in [3.63, 3.8) is 0 Å². The molecule has 2 rings (SSSR count). The summed E-state index contributed by atoms with van der Waals surface area (Å²) in [5, 5.41) is 5.62. The van der Waals surface area contributed by atoms with E-state index in [4.69, 9.17) is 9.47 Å². The van der Waals surface area contributed by atoms with Crippen molar-refractivity contribution in [1.29, 1.82) is 0 Å². The maximum absolute atomic E-state index is 11.5. The third-order valence-corrected chi connectivity index (χ3v) is 2.73. The van der Waals surface area contributed by atoms with Gasteiger partial charge in [-0.3, -0.25) is 0 Å². The summed E-state index contributed by atoms with van der Waals surface area (Å²) in [6, 6.07) is 5.55. The molecule has 0 aromatic heterocycles. The van der Waals surface area contributed by atoms with Gasteiger partial charge in [0, 0.05) is 13.1 Å². The molecule has 0 saturated heterocycles. The van der Waals surface area contributed by atoms with Gasteiger partial charge in [0.05, 0.1) is 0 Å². The first kappa shape index (κ1) is 13.5. The standard InChI is InChI=1S/C14H20N2O3/c1-10(2)8-15-14(17)16-9-11-3-4-12-13(7-11)19-6-5-18-12/h3-4,7,10H,5-6,8-9H2,1-2H3,(H2,15,16,17). The number of nitrogens with one attached hydrogen (secondary N) is 2. The number of rotatable bonds is 4. The van der Waals surface area contributed by atoms with Crippen LogP contribution in [0.25, 0.3) is 0 Å². The van der Waals surface area contributed by atoms with Gasteiger partial charge in [-0.25, -0.2) is 4.79 Å². The van der Waals surface area contributed by atoms with Crippen LogP contribution < -0.4 is 20.1 Å². The normalized spacial score (nSPS) is 13.2. The van der Waals surface area contributed by atoms with E-state index >= 15 is 0 Å². The lowest BCUT2D eigenvalue weighted by Gasteiger charge is -2.19. The summed E-state index contributed by atoms with van der Waals surface area (Å²) in [5.74, 6) is 1.95. The van der Waals surface area contributed by atoms with Crippen LogP contribution in [0.15, 0.2) is 18.2 Å². The molecule has 0 unspecified atom stereocenters. The van der Waals surface area contributed by atoms with Crippen LogP contribution in [0.3, 0.4) is 0 Å². The van der Waals surface area contributed by atoms with Gasteiger partial charge in [0.25, 0.3) is 0 Å². The summed E-state index contributed by atoms with van der Waals surface area (Å²) in [6.45, 7) is 6.41. The van der Waals surface area contributed by atoms with Crippen molar-refractivity contribution in [1.82, 2.24) is 10.6 Å². The van der Waals surface area contributed by atoms with Crippen LogP contribution in [0.1, 0.15) is 19.4 Å². The van der Waals surface area contributed by atoms with Crippen molar-refractivity contribution in [3.8, 4) is 11.5 Å². The highest BCUT2D eigenvalue weighted by Gasteiger charge is 2.11. The molecule has 0 spiro atoms. The zero-order valence-corrected chi connectivity index (χ0v) is 11.4. The zero-order valence-electron chi connectivity index (χ0n) is 11.4. The molecule has 0 fully saturated rings. The number of hydrogen-bond donors (Lipinski definition) is 2. The highest BCUT2D eigenvalue weighted by Crippen LogP contribution is 2.30. The molecule has 5 heteroatoms. The summed E-state index contributed by atoms with van der Waals surface area (Å²) in [5.41, 5.74) is 0.990. The molecule has 0 saturated carbocycles. The van der Waals surface area contributed by atoms with Crippen molar-refractivity contribution in [2.24, 2.45) is 5.92 Å². The van der Waals surface area contributed by atoms with Crippen LogP contribution in [0, 0.1) is 5.92 Å². The first-order chi connectivity index (χ1) is 9.15. The number of urea groups is 1. The molecule has 2 N–H and O–H groups in total. The second kappa shape index (κ2) is 6.31. The molecule has 0 bridgehead atoms. The summed E-state index contributed by atoms with van der Waals surface area (Å²) >= 11 is 0. The number of ether oxygens (including phenoxy) is 2. The summed E-state index contributed by atoms with van der Waals surface area (Å²) in [6.07, 6.45) is 0. The average Bonchev–Trinajstić information content (AvgIpc) is 2.42. The quantitative estimate of drug-likeness (QED) is 0.873. The van der Waals surface area contributed by atoms with Crippen molar-refractivity contribution in [2.75, 3.05) is 19.8 Å². The second-order valence-electron chi connectivity index (χ2n) is 4.94. The van der Waals surface area contributed by atoms with Gasteiger partial charge in [0.1, 0.15) is 13.2 Å². The second-order valence-corrected chi connectivity index (χ2v) is 4.94. The monoisotopic (exact) mass is 264 g/mol. The van der Waals surface area contributed by atoms with Crippen molar-refractivity contribution in [3.05, 3.63) is 23.8 Å². The van der Waals surface area contributed by atoms with E-state index in [1.807, 2.05) is 18.2 Å². The zero-order chi connectivity index (χ0) is 13.7. The van der Waals surface area contributed by atoms with Gasteiger partial charge >= 0.3 is 6.03 Å². The molecular weight excluding hydrogens is 244 g/mol. The lowest BCUT2D eigenvalue weighted by Crippen LogP contribution is -2.37. The Morgan fingerprint density at radius 1 is 1.21 bits per heavy atom. The number of fused-ring (bicyclic) bond motifs is 1. The Balaban J connectivity index is 1.84. The van der Waals surface area contributed by atoms with Gasteiger partial charge in [-0.2, -0.15) is 0 Å². The molecule has 1 aromatic carbocycles. The molecule has 0 radical (unpaired) electrons. The van der Waals surface area contributed by atoms with E-state index in [2.05, 4.69) is 24.5 Å². The van der Waals surface area contributed by atoms with Crippen LogP contribution in [-0.2, 0) is 6.54 Å².